The molecule has 1 aromatic heterocycles. The standard InChI is InChI=1S/C26H24FN3O4/c1-15-4-10-20-19(12-15)23(30-25(31)17-6-8-18(27)9-7-17)24(29-20)26(32)28-14-16-5-11-21(33-2)22(13-16)34-3/h4-13,29H,14H2,1-3H3,(H,28,32)(H,30,31). The molecule has 4 aromatic rings. The summed E-state index contributed by atoms with van der Waals surface area (Å²) < 4.78 is 23.8. The predicted molar refractivity (Wildman–Crippen MR) is 128 cm³/mol. The van der Waals surface area contributed by atoms with Crippen LogP contribution in [0.25, 0.3) is 10.9 Å². The van der Waals surface area contributed by atoms with Crippen LogP contribution in [-0.2, 0) is 6.54 Å². The van der Waals surface area contributed by atoms with Gasteiger partial charge in [0, 0.05) is 23.0 Å². The van der Waals surface area contributed by atoms with Gasteiger partial charge in [-0.2, -0.15) is 0 Å². The second-order valence-electron chi connectivity index (χ2n) is 7.76. The molecule has 0 saturated heterocycles. The lowest BCUT2D eigenvalue weighted by molar-refractivity contribution is 0.0947. The van der Waals surface area contributed by atoms with Crippen LogP contribution >= 0.6 is 0 Å². The highest BCUT2D eigenvalue weighted by Gasteiger charge is 2.20. The molecule has 2 amide bonds. The summed E-state index contributed by atoms with van der Waals surface area (Å²) >= 11 is 0. The molecule has 4 rings (SSSR count). The Labute approximate surface area is 195 Å². The van der Waals surface area contributed by atoms with Gasteiger partial charge in [-0.15, -0.1) is 0 Å². The third kappa shape index (κ3) is 4.71. The molecule has 0 fully saturated rings. The Balaban J connectivity index is 1.62. The van der Waals surface area contributed by atoms with Crippen molar-refractivity contribution in [3.63, 3.8) is 0 Å². The summed E-state index contributed by atoms with van der Waals surface area (Å²) in [4.78, 5) is 29.1. The van der Waals surface area contributed by atoms with E-state index >= 15 is 0 Å². The predicted octanol–water partition coefficient (Wildman–Crippen LogP) is 4.81. The van der Waals surface area contributed by atoms with Gasteiger partial charge in [0.15, 0.2) is 11.5 Å². The van der Waals surface area contributed by atoms with Crippen molar-refractivity contribution in [2.24, 2.45) is 0 Å². The van der Waals surface area contributed by atoms with Crippen LogP contribution in [0, 0.1) is 12.7 Å². The minimum atomic E-state index is -0.448. The average molecular weight is 461 g/mol. The molecule has 174 valence electrons. The number of amides is 2. The molecule has 0 bridgehead atoms. The van der Waals surface area contributed by atoms with Crippen molar-refractivity contribution in [3.8, 4) is 11.5 Å². The first-order valence-corrected chi connectivity index (χ1v) is 10.6. The van der Waals surface area contributed by atoms with E-state index in [4.69, 9.17) is 9.47 Å². The molecule has 0 radical (unpaired) electrons. The molecule has 0 aliphatic heterocycles. The summed E-state index contributed by atoms with van der Waals surface area (Å²) in [5.41, 5.74) is 3.35. The minimum Gasteiger partial charge on any atom is -0.493 e. The number of carbonyl (C=O) groups is 2. The highest BCUT2D eigenvalue weighted by atomic mass is 19.1. The molecule has 7 nitrogen and oxygen atoms in total. The lowest BCUT2D eigenvalue weighted by Gasteiger charge is -2.11. The monoisotopic (exact) mass is 461 g/mol. The molecule has 8 heteroatoms. The van der Waals surface area contributed by atoms with Gasteiger partial charge >= 0.3 is 0 Å². The first-order valence-electron chi connectivity index (χ1n) is 10.6. The number of halogens is 1. The SMILES string of the molecule is COc1ccc(CNC(=O)c2[nH]c3ccc(C)cc3c2NC(=O)c2ccc(F)cc2)cc1OC. The summed E-state index contributed by atoms with van der Waals surface area (Å²) in [6.07, 6.45) is 0. The second-order valence-corrected chi connectivity index (χ2v) is 7.76. The molecule has 1 heterocycles. The number of H-pyrrole nitrogens is 1. The number of hydrogen-bond donors (Lipinski definition) is 3. The molecule has 3 N–H and O–H groups in total. The smallest absolute Gasteiger partial charge is 0.270 e. The number of hydrogen-bond acceptors (Lipinski definition) is 4. The summed E-state index contributed by atoms with van der Waals surface area (Å²) in [6, 6.07) is 16.2. The number of carbonyl (C=O) groups excluding carboxylic acids is 2. The first kappa shape index (κ1) is 22.8. The van der Waals surface area contributed by atoms with Gasteiger partial charge in [-0.3, -0.25) is 9.59 Å². The maximum absolute atomic E-state index is 13.3. The van der Waals surface area contributed by atoms with Gasteiger partial charge in [-0.25, -0.2) is 4.39 Å². The molecular formula is C26H24FN3O4. The quantitative estimate of drug-likeness (QED) is 0.368. The van der Waals surface area contributed by atoms with Gasteiger partial charge in [0.05, 0.1) is 19.9 Å². The minimum absolute atomic E-state index is 0.219. The van der Waals surface area contributed by atoms with Crippen molar-refractivity contribution < 1.29 is 23.5 Å². The van der Waals surface area contributed by atoms with Crippen LogP contribution in [0.5, 0.6) is 11.5 Å². The molecule has 34 heavy (non-hydrogen) atoms. The van der Waals surface area contributed by atoms with Crippen LogP contribution in [0.4, 0.5) is 10.1 Å². The summed E-state index contributed by atoms with van der Waals surface area (Å²) in [7, 11) is 3.10. The zero-order chi connectivity index (χ0) is 24.2. The van der Waals surface area contributed by atoms with E-state index in [0.29, 0.717) is 28.1 Å². The van der Waals surface area contributed by atoms with E-state index < -0.39 is 17.6 Å². The van der Waals surface area contributed by atoms with E-state index in [2.05, 4.69) is 15.6 Å². The van der Waals surface area contributed by atoms with Gasteiger partial charge in [-0.05, 0) is 61.0 Å². The van der Waals surface area contributed by atoms with Crippen LogP contribution in [-0.4, -0.2) is 31.0 Å². The van der Waals surface area contributed by atoms with E-state index in [0.717, 1.165) is 11.1 Å². The lowest BCUT2D eigenvalue weighted by atomic mass is 10.1. The second kappa shape index (κ2) is 9.66. The highest BCUT2D eigenvalue weighted by Crippen LogP contribution is 2.30. The van der Waals surface area contributed by atoms with Gasteiger partial charge in [0.25, 0.3) is 11.8 Å². The number of aromatic nitrogens is 1. The van der Waals surface area contributed by atoms with Crippen LogP contribution in [0.1, 0.15) is 32.0 Å². The van der Waals surface area contributed by atoms with Crippen molar-refractivity contribution in [1.29, 1.82) is 0 Å². The maximum Gasteiger partial charge on any atom is 0.270 e. The molecule has 3 aromatic carbocycles. The lowest BCUT2D eigenvalue weighted by Crippen LogP contribution is -2.25. The molecule has 0 saturated carbocycles. The molecular weight excluding hydrogens is 437 g/mol. The Morgan fingerprint density at radius 1 is 0.912 bits per heavy atom. The van der Waals surface area contributed by atoms with Crippen molar-refractivity contribution in [2.75, 3.05) is 19.5 Å². The van der Waals surface area contributed by atoms with Gasteiger partial charge in [0.2, 0.25) is 0 Å². The summed E-state index contributed by atoms with van der Waals surface area (Å²) in [5, 5.41) is 6.39. The number of nitrogens with one attached hydrogen (secondary N) is 3. The Morgan fingerprint density at radius 2 is 1.65 bits per heavy atom. The van der Waals surface area contributed by atoms with E-state index in [-0.39, 0.29) is 17.8 Å². The number of aryl methyl sites for hydroxylation is 1. The number of anilines is 1. The number of fused-ring (bicyclic) bond motifs is 1. The normalized spacial score (nSPS) is 10.7. The molecule has 0 unspecified atom stereocenters. The van der Waals surface area contributed by atoms with E-state index in [1.807, 2.05) is 31.2 Å². The summed E-state index contributed by atoms with van der Waals surface area (Å²) in [5.74, 6) is -0.124. The first-order chi connectivity index (χ1) is 16.4. The Bertz CT molecular complexity index is 1360. The number of ether oxygens (including phenoxy) is 2. The van der Waals surface area contributed by atoms with Crippen molar-refractivity contribution >= 4 is 28.4 Å². The summed E-state index contributed by atoms with van der Waals surface area (Å²) in [6.45, 7) is 2.16. The molecule has 0 atom stereocenters. The van der Waals surface area contributed by atoms with E-state index in [1.165, 1.54) is 24.3 Å². The fourth-order valence-electron chi connectivity index (χ4n) is 3.65. The zero-order valence-corrected chi connectivity index (χ0v) is 19.0. The van der Waals surface area contributed by atoms with Crippen LogP contribution in [0.2, 0.25) is 0 Å². The van der Waals surface area contributed by atoms with Crippen LogP contribution < -0.4 is 20.1 Å². The number of benzene rings is 3. The van der Waals surface area contributed by atoms with Crippen molar-refractivity contribution in [3.05, 3.63) is 88.9 Å². The van der Waals surface area contributed by atoms with Crippen LogP contribution in [0.15, 0.2) is 60.7 Å². The number of aromatic amines is 1. The number of methoxy groups -OCH3 is 2. The third-order valence-corrected chi connectivity index (χ3v) is 5.43. The maximum atomic E-state index is 13.3. The van der Waals surface area contributed by atoms with Gasteiger partial charge in [-0.1, -0.05) is 17.7 Å². The van der Waals surface area contributed by atoms with Crippen molar-refractivity contribution in [2.45, 2.75) is 13.5 Å². The molecule has 0 spiro atoms. The number of rotatable bonds is 7. The zero-order valence-electron chi connectivity index (χ0n) is 19.0. The fourth-order valence-corrected chi connectivity index (χ4v) is 3.65. The van der Waals surface area contributed by atoms with Gasteiger partial charge in [0.1, 0.15) is 11.5 Å². The fraction of sp³-hybridized carbons (Fsp3) is 0.154. The largest absolute Gasteiger partial charge is 0.493 e. The van der Waals surface area contributed by atoms with E-state index in [9.17, 15) is 14.0 Å². The topological polar surface area (TPSA) is 92.5 Å². The average Bonchev–Trinajstić information content (AvgIpc) is 3.20. The van der Waals surface area contributed by atoms with Crippen molar-refractivity contribution in [1.82, 2.24) is 10.3 Å². The highest BCUT2D eigenvalue weighted by molar-refractivity contribution is 6.15. The molecule has 0 aliphatic rings. The Hall–Kier alpha value is -4.33. The van der Waals surface area contributed by atoms with Crippen LogP contribution in [0.3, 0.4) is 0 Å². The van der Waals surface area contributed by atoms with E-state index in [1.54, 1.807) is 26.4 Å². The molecule has 0 aliphatic carbocycles. The third-order valence-electron chi connectivity index (χ3n) is 5.43. The van der Waals surface area contributed by atoms with Gasteiger partial charge < -0.3 is 25.1 Å². The Kier molecular flexibility index (Phi) is 6.49. The Morgan fingerprint density at radius 3 is 2.35 bits per heavy atom.